The first kappa shape index (κ1) is 16.5. The van der Waals surface area contributed by atoms with Crippen LogP contribution in [0.4, 0.5) is 0 Å². The summed E-state index contributed by atoms with van der Waals surface area (Å²) >= 11 is 5.93. The fraction of sp³-hybridized carbons (Fsp3) is 0.333. The predicted octanol–water partition coefficient (Wildman–Crippen LogP) is 2.08. The van der Waals surface area contributed by atoms with Crippen molar-refractivity contribution >= 4 is 17.5 Å². The Bertz CT molecular complexity index is 630. The molecule has 0 unspecified atom stereocenters. The number of methoxy groups -OCH3 is 1. The van der Waals surface area contributed by atoms with Gasteiger partial charge in [-0.25, -0.2) is 0 Å². The van der Waals surface area contributed by atoms with E-state index in [1.165, 1.54) is 4.90 Å². The Morgan fingerprint density at radius 3 is 2.91 bits per heavy atom. The zero-order valence-corrected chi connectivity index (χ0v) is 12.9. The number of benzene rings is 1. The maximum Gasteiger partial charge on any atom is 0.276 e. The smallest absolute Gasteiger partial charge is 0.276 e. The quantitative estimate of drug-likeness (QED) is 0.844. The van der Waals surface area contributed by atoms with Crippen LogP contribution in [-0.4, -0.2) is 54.5 Å². The number of halogens is 1. The number of amides is 1. The minimum absolute atomic E-state index is 0.130. The molecule has 0 aliphatic heterocycles. The van der Waals surface area contributed by atoms with Crippen molar-refractivity contribution in [1.29, 1.82) is 0 Å². The number of carbonyl (C=O) groups is 1. The average molecular weight is 325 g/mol. The molecule has 0 saturated carbocycles. The van der Waals surface area contributed by atoms with Gasteiger partial charge in [0.1, 0.15) is 0 Å². The zero-order valence-electron chi connectivity index (χ0n) is 12.2. The third-order valence-corrected chi connectivity index (χ3v) is 3.30. The SMILES string of the molecule is COCCN(CCO)C(=O)c1cc(-c2cccc(Cl)c2)on1. The van der Waals surface area contributed by atoms with Crippen LogP contribution in [0, 0.1) is 0 Å². The van der Waals surface area contributed by atoms with Crippen LogP contribution in [0.2, 0.25) is 5.02 Å². The second kappa shape index (κ2) is 7.93. The van der Waals surface area contributed by atoms with E-state index in [0.717, 1.165) is 5.56 Å². The highest BCUT2D eigenvalue weighted by molar-refractivity contribution is 6.30. The van der Waals surface area contributed by atoms with Gasteiger partial charge in [0.15, 0.2) is 11.5 Å². The van der Waals surface area contributed by atoms with Crippen molar-refractivity contribution in [2.75, 3.05) is 33.4 Å². The van der Waals surface area contributed by atoms with Crippen LogP contribution in [0.15, 0.2) is 34.9 Å². The van der Waals surface area contributed by atoms with Crippen LogP contribution in [0.5, 0.6) is 0 Å². The van der Waals surface area contributed by atoms with Crippen LogP contribution >= 0.6 is 11.6 Å². The Labute approximate surface area is 133 Å². The first-order valence-electron chi connectivity index (χ1n) is 6.77. The maximum absolute atomic E-state index is 12.4. The van der Waals surface area contributed by atoms with Crippen molar-refractivity contribution in [3.63, 3.8) is 0 Å². The predicted molar refractivity (Wildman–Crippen MR) is 81.8 cm³/mol. The number of aliphatic hydroxyl groups excluding tert-OH is 1. The third-order valence-electron chi connectivity index (χ3n) is 3.06. The molecule has 0 aliphatic rings. The largest absolute Gasteiger partial charge is 0.395 e. The van der Waals surface area contributed by atoms with Gasteiger partial charge in [0, 0.05) is 36.9 Å². The van der Waals surface area contributed by atoms with Crippen LogP contribution in [0.3, 0.4) is 0 Å². The fourth-order valence-corrected chi connectivity index (χ4v) is 2.14. The number of nitrogens with zero attached hydrogens (tertiary/aromatic N) is 2. The summed E-state index contributed by atoms with van der Waals surface area (Å²) in [7, 11) is 1.55. The molecule has 118 valence electrons. The molecule has 0 spiro atoms. The molecule has 0 radical (unpaired) electrons. The van der Waals surface area contributed by atoms with Crippen molar-refractivity contribution < 1.29 is 19.2 Å². The molecule has 1 heterocycles. The van der Waals surface area contributed by atoms with Gasteiger partial charge in [-0.3, -0.25) is 4.79 Å². The Morgan fingerprint density at radius 1 is 1.41 bits per heavy atom. The van der Waals surface area contributed by atoms with Gasteiger partial charge in [0.25, 0.3) is 5.91 Å². The maximum atomic E-state index is 12.4. The molecule has 0 bridgehead atoms. The number of ether oxygens (including phenoxy) is 1. The lowest BCUT2D eigenvalue weighted by Gasteiger charge is -2.19. The number of rotatable bonds is 7. The van der Waals surface area contributed by atoms with E-state index in [4.69, 9.17) is 26.0 Å². The Kier molecular flexibility index (Phi) is 5.94. The van der Waals surface area contributed by atoms with Crippen LogP contribution < -0.4 is 0 Å². The fourth-order valence-electron chi connectivity index (χ4n) is 1.95. The van der Waals surface area contributed by atoms with Gasteiger partial charge in [0.05, 0.1) is 13.2 Å². The van der Waals surface area contributed by atoms with E-state index in [-0.39, 0.29) is 24.8 Å². The standard InChI is InChI=1S/C15H17ClN2O4/c1-21-8-6-18(5-7-19)15(20)13-10-14(22-17-13)11-3-2-4-12(16)9-11/h2-4,9-10,19H,5-8H2,1H3. The molecule has 0 aliphatic carbocycles. The monoisotopic (exact) mass is 324 g/mol. The van der Waals surface area contributed by atoms with Crippen LogP contribution in [0.1, 0.15) is 10.5 Å². The summed E-state index contributed by atoms with van der Waals surface area (Å²) in [6, 6.07) is 8.65. The first-order valence-corrected chi connectivity index (χ1v) is 7.15. The zero-order chi connectivity index (χ0) is 15.9. The van der Waals surface area contributed by atoms with E-state index in [1.54, 1.807) is 31.4 Å². The third kappa shape index (κ3) is 4.07. The van der Waals surface area contributed by atoms with Gasteiger partial charge >= 0.3 is 0 Å². The second-order valence-corrected chi connectivity index (χ2v) is 5.03. The van der Waals surface area contributed by atoms with Gasteiger partial charge in [-0.05, 0) is 12.1 Å². The number of aliphatic hydroxyl groups is 1. The number of hydrogen-bond acceptors (Lipinski definition) is 5. The van der Waals surface area contributed by atoms with Crippen molar-refractivity contribution in [2.24, 2.45) is 0 Å². The summed E-state index contributed by atoms with van der Waals surface area (Å²) in [5, 5.41) is 13.4. The van der Waals surface area contributed by atoms with Crippen molar-refractivity contribution in [2.45, 2.75) is 0 Å². The Hall–Kier alpha value is -1.89. The Morgan fingerprint density at radius 2 is 2.23 bits per heavy atom. The molecule has 7 heteroatoms. The molecule has 22 heavy (non-hydrogen) atoms. The van der Waals surface area contributed by atoms with E-state index in [2.05, 4.69) is 5.16 Å². The summed E-state index contributed by atoms with van der Waals surface area (Å²) in [5.41, 5.74) is 0.921. The normalized spacial score (nSPS) is 10.7. The second-order valence-electron chi connectivity index (χ2n) is 4.60. The molecular weight excluding hydrogens is 308 g/mol. The molecule has 0 saturated heterocycles. The number of aromatic nitrogens is 1. The van der Waals surface area contributed by atoms with Crippen LogP contribution in [0.25, 0.3) is 11.3 Å². The molecule has 2 aromatic rings. The van der Waals surface area contributed by atoms with Gasteiger partial charge < -0.3 is 19.3 Å². The molecule has 1 N–H and O–H groups in total. The summed E-state index contributed by atoms with van der Waals surface area (Å²) in [6.45, 7) is 0.829. The highest BCUT2D eigenvalue weighted by atomic mass is 35.5. The first-order chi connectivity index (χ1) is 10.7. The molecule has 2 rings (SSSR count). The van der Waals surface area contributed by atoms with Gasteiger partial charge in [0.2, 0.25) is 0 Å². The van der Waals surface area contributed by atoms with E-state index in [0.29, 0.717) is 23.9 Å². The van der Waals surface area contributed by atoms with Gasteiger partial charge in [-0.1, -0.05) is 28.9 Å². The van der Waals surface area contributed by atoms with E-state index in [9.17, 15) is 4.79 Å². The molecule has 6 nitrogen and oxygen atoms in total. The molecular formula is C15H17ClN2O4. The minimum Gasteiger partial charge on any atom is -0.395 e. The minimum atomic E-state index is -0.317. The summed E-state index contributed by atoms with van der Waals surface area (Å²) < 4.78 is 10.2. The molecule has 1 aromatic carbocycles. The van der Waals surface area contributed by atoms with E-state index < -0.39 is 0 Å². The lowest BCUT2D eigenvalue weighted by Crippen LogP contribution is -2.36. The highest BCUT2D eigenvalue weighted by Gasteiger charge is 2.20. The molecule has 0 atom stereocenters. The number of carbonyl (C=O) groups excluding carboxylic acids is 1. The Balaban J connectivity index is 2.16. The van der Waals surface area contributed by atoms with Gasteiger partial charge in [-0.2, -0.15) is 0 Å². The summed E-state index contributed by atoms with van der Waals surface area (Å²) in [6.07, 6.45) is 0. The highest BCUT2D eigenvalue weighted by Crippen LogP contribution is 2.23. The lowest BCUT2D eigenvalue weighted by atomic mass is 10.1. The summed E-state index contributed by atoms with van der Waals surface area (Å²) in [4.78, 5) is 13.8. The lowest BCUT2D eigenvalue weighted by molar-refractivity contribution is 0.0646. The van der Waals surface area contributed by atoms with Gasteiger partial charge in [-0.15, -0.1) is 0 Å². The molecule has 0 fully saturated rings. The van der Waals surface area contributed by atoms with Crippen LogP contribution in [-0.2, 0) is 4.74 Å². The average Bonchev–Trinajstić information content (AvgIpc) is 3.00. The molecule has 1 aromatic heterocycles. The van der Waals surface area contributed by atoms with E-state index >= 15 is 0 Å². The summed E-state index contributed by atoms with van der Waals surface area (Å²) in [5.74, 6) is 0.143. The topological polar surface area (TPSA) is 75.8 Å². The van der Waals surface area contributed by atoms with Crippen molar-refractivity contribution in [3.05, 3.63) is 41.0 Å². The van der Waals surface area contributed by atoms with Crippen molar-refractivity contribution in [3.8, 4) is 11.3 Å². The molecule has 1 amide bonds. The number of hydrogen-bond donors (Lipinski definition) is 1. The van der Waals surface area contributed by atoms with Crippen molar-refractivity contribution in [1.82, 2.24) is 10.1 Å². The van der Waals surface area contributed by atoms with E-state index in [1.807, 2.05) is 6.07 Å².